The summed E-state index contributed by atoms with van der Waals surface area (Å²) in [4.78, 5) is 23.0. The molecule has 2 bridgehead atoms. The van der Waals surface area contributed by atoms with E-state index >= 15 is 0 Å². The van der Waals surface area contributed by atoms with Crippen molar-refractivity contribution in [3.05, 3.63) is 22.6 Å². The van der Waals surface area contributed by atoms with Gasteiger partial charge in [-0.15, -0.1) is 0 Å². The third kappa shape index (κ3) is 1.09. The zero-order chi connectivity index (χ0) is 10.4. The Morgan fingerprint density at radius 3 is 1.67 bits per heavy atom. The maximum Gasteiger partial charge on any atom is 0.374 e. The number of carbonyl (C=O) groups excluding carboxylic acids is 2. The minimum Gasteiger partial charge on any atom is -0.456 e. The Labute approximate surface area is 85.0 Å². The van der Waals surface area contributed by atoms with Gasteiger partial charge < -0.3 is 13.9 Å². The highest BCUT2D eigenvalue weighted by Gasteiger charge is 2.35. The van der Waals surface area contributed by atoms with Gasteiger partial charge in [0.05, 0.1) is 0 Å². The number of furan rings is 1. The normalized spacial score (nSPS) is 18.9. The van der Waals surface area contributed by atoms with Crippen molar-refractivity contribution in [3.8, 4) is 0 Å². The maximum atomic E-state index is 11.5. The highest BCUT2D eigenvalue weighted by atomic mass is 16.6. The van der Waals surface area contributed by atoms with Gasteiger partial charge in [0.15, 0.2) is 0 Å². The lowest BCUT2D eigenvalue weighted by atomic mass is 9.89. The first-order chi connectivity index (χ1) is 7.27. The van der Waals surface area contributed by atoms with Crippen LogP contribution in [-0.4, -0.2) is 25.2 Å². The van der Waals surface area contributed by atoms with Crippen LogP contribution in [0.5, 0.6) is 0 Å². The van der Waals surface area contributed by atoms with E-state index in [1.165, 1.54) is 0 Å². The summed E-state index contributed by atoms with van der Waals surface area (Å²) in [6, 6.07) is 0. The molecule has 3 rings (SSSR count). The number of fused-ring (bicyclic) bond motifs is 5. The van der Waals surface area contributed by atoms with E-state index in [4.69, 9.17) is 13.9 Å². The van der Waals surface area contributed by atoms with Crippen molar-refractivity contribution in [2.75, 3.05) is 13.2 Å². The fraction of sp³-hybridized carbons (Fsp3) is 0.400. The van der Waals surface area contributed by atoms with Crippen LogP contribution in [0.2, 0.25) is 0 Å². The predicted octanol–water partition coefficient (Wildman–Crippen LogP) is 0.705. The SMILES string of the molecule is O=C1OCCOC(=O)c2oc1c1c2CC1. The molecule has 0 saturated carbocycles. The summed E-state index contributed by atoms with van der Waals surface area (Å²) in [6.45, 7) is 0.153. The summed E-state index contributed by atoms with van der Waals surface area (Å²) >= 11 is 0. The van der Waals surface area contributed by atoms with Gasteiger partial charge in [0.1, 0.15) is 13.2 Å². The number of ether oxygens (including phenoxy) is 2. The Morgan fingerprint density at radius 2 is 1.27 bits per heavy atom. The van der Waals surface area contributed by atoms with E-state index in [0.29, 0.717) is 0 Å². The molecule has 0 fully saturated rings. The van der Waals surface area contributed by atoms with Crippen LogP contribution in [0.15, 0.2) is 4.42 Å². The molecule has 0 unspecified atom stereocenters. The average Bonchev–Trinajstić information content (AvgIpc) is 2.45. The van der Waals surface area contributed by atoms with Crippen molar-refractivity contribution in [1.29, 1.82) is 0 Å². The maximum absolute atomic E-state index is 11.5. The third-order valence-electron chi connectivity index (χ3n) is 2.66. The van der Waals surface area contributed by atoms with Gasteiger partial charge in [-0.05, 0) is 12.8 Å². The van der Waals surface area contributed by atoms with Crippen LogP contribution in [0.3, 0.4) is 0 Å². The van der Waals surface area contributed by atoms with Crippen LogP contribution in [0.25, 0.3) is 0 Å². The minimum atomic E-state index is -0.504. The molecule has 0 amide bonds. The van der Waals surface area contributed by atoms with E-state index in [9.17, 15) is 9.59 Å². The molecule has 0 radical (unpaired) electrons. The second-order valence-corrected chi connectivity index (χ2v) is 3.49. The van der Waals surface area contributed by atoms with Crippen LogP contribution in [-0.2, 0) is 22.3 Å². The molecule has 2 heterocycles. The fourth-order valence-electron chi connectivity index (χ4n) is 1.83. The Hall–Kier alpha value is -1.78. The second-order valence-electron chi connectivity index (χ2n) is 3.49. The van der Waals surface area contributed by atoms with Crippen LogP contribution in [0.4, 0.5) is 0 Å². The predicted molar refractivity (Wildman–Crippen MR) is 46.7 cm³/mol. The first kappa shape index (κ1) is 8.52. The lowest BCUT2D eigenvalue weighted by Gasteiger charge is -2.14. The molecule has 0 aromatic carbocycles. The fourth-order valence-corrected chi connectivity index (χ4v) is 1.83. The summed E-state index contributed by atoms with van der Waals surface area (Å²) < 4.78 is 14.9. The molecule has 5 nitrogen and oxygen atoms in total. The minimum absolute atomic E-state index is 0.0767. The molecule has 1 aliphatic carbocycles. The second kappa shape index (κ2) is 2.85. The van der Waals surface area contributed by atoms with E-state index in [1.54, 1.807) is 0 Å². The lowest BCUT2D eigenvalue weighted by molar-refractivity contribution is 0.0270. The Bertz CT molecular complexity index is 416. The van der Waals surface area contributed by atoms with E-state index in [0.717, 1.165) is 24.0 Å². The van der Waals surface area contributed by atoms with Crippen LogP contribution in [0, 0.1) is 0 Å². The molecule has 15 heavy (non-hydrogen) atoms. The number of esters is 2. The van der Waals surface area contributed by atoms with Gasteiger partial charge in [0.2, 0.25) is 11.5 Å². The molecule has 0 spiro atoms. The topological polar surface area (TPSA) is 65.7 Å². The molecule has 5 heteroatoms. The monoisotopic (exact) mass is 208 g/mol. The first-order valence-corrected chi connectivity index (χ1v) is 4.76. The Kier molecular flexibility index (Phi) is 1.62. The summed E-state index contributed by atoms with van der Waals surface area (Å²) in [5.74, 6) is -0.666. The summed E-state index contributed by atoms with van der Waals surface area (Å²) in [6.07, 6.45) is 1.52. The molecular formula is C10H8O5. The number of hydrogen-bond acceptors (Lipinski definition) is 5. The molecular weight excluding hydrogens is 200 g/mol. The lowest BCUT2D eigenvalue weighted by Crippen LogP contribution is -2.19. The molecule has 2 aliphatic rings. The van der Waals surface area contributed by atoms with Gasteiger partial charge in [-0.2, -0.15) is 0 Å². The van der Waals surface area contributed by atoms with Gasteiger partial charge in [-0.25, -0.2) is 9.59 Å². The standard InChI is InChI=1S/C10H8O5/c11-9-7-5-1-2-6(5)8(15-7)10(12)14-4-3-13-9/h1-4H2. The number of hydrogen-bond donors (Lipinski definition) is 0. The van der Waals surface area contributed by atoms with Gasteiger partial charge >= 0.3 is 11.9 Å². The van der Waals surface area contributed by atoms with Crippen molar-refractivity contribution in [3.63, 3.8) is 0 Å². The Morgan fingerprint density at radius 1 is 0.800 bits per heavy atom. The molecule has 0 N–H and O–H groups in total. The van der Waals surface area contributed by atoms with E-state index < -0.39 is 11.9 Å². The van der Waals surface area contributed by atoms with Gasteiger partial charge in [0.25, 0.3) is 0 Å². The van der Waals surface area contributed by atoms with Crippen molar-refractivity contribution in [1.82, 2.24) is 0 Å². The highest BCUT2D eigenvalue weighted by molar-refractivity contribution is 5.95. The van der Waals surface area contributed by atoms with Crippen molar-refractivity contribution in [2.45, 2.75) is 12.8 Å². The van der Waals surface area contributed by atoms with Crippen LogP contribution >= 0.6 is 0 Å². The van der Waals surface area contributed by atoms with Gasteiger partial charge in [0, 0.05) is 11.1 Å². The van der Waals surface area contributed by atoms with Crippen LogP contribution < -0.4 is 0 Å². The highest BCUT2D eigenvalue weighted by Crippen LogP contribution is 2.34. The molecule has 78 valence electrons. The van der Waals surface area contributed by atoms with Crippen molar-refractivity contribution in [2.24, 2.45) is 0 Å². The first-order valence-electron chi connectivity index (χ1n) is 4.76. The van der Waals surface area contributed by atoms with Crippen LogP contribution in [0.1, 0.15) is 32.2 Å². The van der Waals surface area contributed by atoms with E-state index in [1.807, 2.05) is 0 Å². The quantitative estimate of drug-likeness (QED) is 0.587. The van der Waals surface area contributed by atoms with Gasteiger partial charge in [-0.3, -0.25) is 0 Å². The third-order valence-corrected chi connectivity index (χ3v) is 2.66. The average molecular weight is 208 g/mol. The zero-order valence-electron chi connectivity index (χ0n) is 7.87. The van der Waals surface area contributed by atoms with Crippen molar-refractivity contribution < 1.29 is 23.5 Å². The smallest absolute Gasteiger partial charge is 0.374 e. The molecule has 1 aromatic rings. The zero-order valence-corrected chi connectivity index (χ0v) is 7.87. The number of carbonyl (C=O) groups is 2. The summed E-state index contributed by atoms with van der Waals surface area (Å²) in [5.41, 5.74) is 1.60. The van der Waals surface area contributed by atoms with E-state index in [-0.39, 0.29) is 24.7 Å². The summed E-state index contributed by atoms with van der Waals surface area (Å²) in [5, 5.41) is 0. The summed E-state index contributed by atoms with van der Waals surface area (Å²) in [7, 11) is 0. The molecule has 0 saturated heterocycles. The van der Waals surface area contributed by atoms with Gasteiger partial charge in [-0.1, -0.05) is 0 Å². The van der Waals surface area contributed by atoms with Crippen molar-refractivity contribution >= 4 is 11.9 Å². The molecule has 1 aromatic heterocycles. The van der Waals surface area contributed by atoms with E-state index in [2.05, 4.69) is 0 Å². The number of cyclic esters (lactones) is 2. The largest absolute Gasteiger partial charge is 0.456 e. The Balaban J connectivity index is 2.14. The molecule has 0 atom stereocenters. The molecule has 1 aliphatic heterocycles. The number of rotatable bonds is 0.